The van der Waals surface area contributed by atoms with Crippen molar-refractivity contribution in [3.8, 4) is 0 Å². The number of hydrogen-bond acceptors (Lipinski definition) is 5. The molecule has 0 atom stereocenters. The van der Waals surface area contributed by atoms with E-state index in [9.17, 15) is 9.59 Å². The number of benzene rings is 1. The standard InChI is InChI=1S/C17H19N3O3/c1-11(2)19-16(21)15-9-8-14(10-18-15)20-13-6-4-12(5-7-13)17(22)23-3/h4-11,20H,1-3H3,(H,19,21). The van der Waals surface area contributed by atoms with E-state index in [1.807, 2.05) is 13.8 Å². The molecule has 1 aromatic carbocycles. The second kappa shape index (κ2) is 7.40. The monoisotopic (exact) mass is 313 g/mol. The van der Waals surface area contributed by atoms with Crippen LogP contribution in [-0.4, -0.2) is 30.0 Å². The van der Waals surface area contributed by atoms with Gasteiger partial charge < -0.3 is 15.4 Å². The van der Waals surface area contributed by atoms with Gasteiger partial charge in [-0.25, -0.2) is 9.78 Å². The molecule has 6 heteroatoms. The van der Waals surface area contributed by atoms with Gasteiger partial charge in [-0.3, -0.25) is 4.79 Å². The Bertz CT molecular complexity index is 679. The summed E-state index contributed by atoms with van der Waals surface area (Å²) in [5.41, 5.74) is 2.40. The van der Waals surface area contributed by atoms with Crippen molar-refractivity contribution in [3.05, 3.63) is 53.9 Å². The minimum Gasteiger partial charge on any atom is -0.465 e. The number of carbonyl (C=O) groups is 2. The Kier molecular flexibility index (Phi) is 5.30. The fraction of sp³-hybridized carbons (Fsp3) is 0.235. The first-order valence-corrected chi connectivity index (χ1v) is 7.22. The van der Waals surface area contributed by atoms with Crippen molar-refractivity contribution in [2.24, 2.45) is 0 Å². The first-order chi connectivity index (χ1) is 11.0. The molecule has 0 aliphatic heterocycles. The van der Waals surface area contributed by atoms with Crippen molar-refractivity contribution in [3.63, 3.8) is 0 Å². The van der Waals surface area contributed by atoms with Crippen molar-refractivity contribution in [1.29, 1.82) is 0 Å². The third-order valence-electron chi connectivity index (χ3n) is 3.01. The van der Waals surface area contributed by atoms with E-state index < -0.39 is 0 Å². The van der Waals surface area contributed by atoms with Crippen LogP contribution < -0.4 is 10.6 Å². The van der Waals surface area contributed by atoms with Gasteiger partial charge in [0, 0.05) is 11.7 Å². The van der Waals surface area contributed by atoms with E-state index in [4.69, 9.17) is 0 Å². The number of hydrogen-bond donors (Lipinski definition) is 2. The van der Waals surface area contributed by atoms with Crippen LogP contribution in [0.2, 0.25) is 0 Å². The molecular weight excluding hydrogens is 294 g/mol. The number of carbonyl (C=O) groups excluding carboxylic acids is 2. The molecule has 2 aromatic rings. The fourth-order valence-electron chi connectivity index (χ4n) is 1.91. The Hall–Kier alpha value is -2.89. The molecule has 0 aliphatic carbocycles. The summed E-state index contributed by atoms with van der Waals surface area (Å²) in [5.74, 6) is -0.576. The molecular formula is C17H19N3O3. The van der Waals surface area contributed by atoms with Crippen molar-refractivity contribution in [1.82, 2.24) is 10.3 Å². The van der Waals surface area contributed by atoms with Crippen LogP contribution in [0.4, 0.5) is 11.4 Å². The lowest BCUT2D eigenvalue weighted by atomic mass is 10.2. The first kappa shape index (κ1) is 16.5. The summed E-state index contributed by atoms with van der Waals surface area (Å²) in [6, 6.07) is 10.4. The first-order valence-electron chi connectivity index (χ1n) is 7.22. The average Bonchev–Trinajstić information content (AvgIpc) is 2.55. The molecule has 0 bridgehead atoms. The highest BCUT2D eigenvalue weighted by atomic mass is 16.5. The van der Waals surface area contributed by atoms with E-state index in [1.54, 1.807) is 42.6 Å². The van der Waals surface area contributed by atoms with Gasteiger partial charge in [-0.05, 0) is 50.2 Å². The molecule has 1 heterocycles. The van der Waals surface area contributed by atoms with Gasteiger partial charge in [0.15, 0.2) is 0 Å². The zero-order valence-corrected chi connectivity index (χ0v) is 13.3. The van der Waals surface area contributed by atoms with Gasteiger partial charge in [0.1, 0.15) is 5.69 Å². The minimum absolute atomic E-state index is 0.0652. The van der Waals surface area contributed by atoms with Gasteiger partial charge in [-0.2, -0.15) is 0 Å². The van der Waals surface area contributed by atoms with E-state index in [-0.39, 0.29) is 17.9 Å². The molecule has 1 aromatic heterocycles. The zero-order valence-electron chi connectivity index (χ0n) is 13.3. The highest BCUT2D eigenvalue weighted by molar-refractivity contribution is 5.92. The maximum Gasteiger partial charge on any atom is 0.337 e. The molecule has 0 saturated heterocycles. The Balaban J connectivity index is 2.03. The largest absolute Gasteiger partial charge is 0.465 e. The molecule has 6 nitrogen and oxygen atoms in total. The summed E-state index contributed by atoms with van der Waals surface area (Å²) in [4.78, 5) is 27.3. The van der Waals surface area contributed by atoms with Crippen LogP contribution in [-0.2, 0) is 4.74 Å². The summed E-state index contributed by atoms with van der Waals surface area (Å²) >= 11 is 0. The number of anilines is 2. The van der Waals surface area contributed by atoms with E-state index in [0.717, 1.165) is 11.4 Å². The molecule has 2 rings (SSSR count). The molecule has 0 unspecified atom stereocenters. The van der Waals surface area contributed by atoms with Crippen molar-refractivity contribution < 1.29 is 14.3 Å². The van der Waals surface area contributed by atoms with E-state index in [1.165, 1.54) is 7.11 Å². The number of nitrogens with zero attached hydrogens (tertiary/aromatic N) is 1. The van der Waals surface area contributed by atoms with Crippen molar-refractivity contribution in [2.75, 3.05) is 12.4 Å². The zero-order chi connectivity index (χ0) is 16.8. The maximum atomic E-state index is 11.8. The minimum atomic E-state index is -0.376. The molecule has 1 amide bonds. The highest BCUT2D eigenvalue weighted by Crippen LogP contribution is 2.17. The van der Waals surface area contributed by atoms with Crippen LogP contribution in [0.5, 0.6) is 0 Å². The van der Waals surface area contributed by atoms with E-state index in [0.29, 0.717) is 11.3 Å². The number of methoxy groups -OCH3 is 1. The summed E-state index contributed by atoms with van der Waals surface area (Å²) in [5, 5.41) is 5.93. The predicted molar refractivity (Wildman–Crippen MR) is 87.9 cm³/mol. The Labute approximate surface area is 134 Å². The lowest BCUT2D eigenvalue weighted by Crippen LogP contribution is -2.30. The molecule has 0 saturated carbocycles. The highest BCUT2D eigenvalue weighted by Gasteiger charge is 2.08. The maximum absolute atomic E-state index is 11.8. The smallest absolute Gasteiger partial charge is 0.337 e. The van der Waals surface area contributed by atoms with E-state index >= 15 is 0 Å². The molecule has 23 heavy (non-hydrogen) atoms. The quantitative estimate of drug-likeness (QED) is 0.830. The van der Waals surface area contributed by atoms with Crippen LogP contribution in [0.15, 0.2) is 42.6 Å². The van der Waals surface area contributed by atoms with Crippen LogP contribution in [0.3, 0.4) is 0 Å². The third-order valence-corrected chi connectivity index (χ3v) is 3.01. The normalized spacial score (nSPS) is 10.3. The van der Waals surface area contributed by atoms with Gasteiger partial charge in [0.2, 0.25) is 0 Å². The van der Waals surface area contributed by atoms with Crippen LogP contribution in [0.1, 0.15) is 34.7 Å². The van der Waals surface area contributed by atoms with Gasteiger partial charge in [-0.1, -0.05) is 0 Å². The second-order valence-electron chi connectivity index (χ2n) is 5.25. The number of amides is 1. The topological polar surface area (TPSA) is 80.3 Å². The Morgan fingerprint density at radius 3 is 2.22 bits per heavy atom. The van der Waals surface area contributed by atoms with Gasteiger partial charge >= 0.3 is 5.97 Å². The summed E-state index contributed by atoms with van der Waals surface area (Å²) in [7, 11) is 1.34. The number of nitrogens with one attached hydrogen (secondary N) is 2. The number of rotatable bonds is 5. The molecule has 2 N–H and O–H groups in total. The van der Waals surface area contributed by atoms with Crippen molar-refractivity contribution >= 4 is 23.3 Å². The molecule has 0 spiro atoms. The van der Waals surface area contributed by atoms with Crippen molar-refractivity contribution in [2.45, 2.75) is 19.9 Å². The van der Waals surface area contributed by atoms with Crippen LogP contribution in [0.25, 0.3) is 0 Å². The van der Waals surface area contributed by atoms with Gasteiger partial charge in [0.05, 0.1) is 24.6 Å². The molecule has 0 radical (unpaired) electrons. The summed E-state index contributed by atoms with van der Waals surface area (Å²) in [6.07, 6.45) is 1.59. The number of pyridine rings is 1. The fourth-order valence-corrected chi connectivity index (χ4v) is 1.91. The van der Waals surface area contributed by atoms with Gasteiger partial charge in [0.25, 0.3) is 5.91 Å². The van der Waals surface area contributed by atoms with E-state index in [2.05, 4.69) is 20.4 Å². The predicted octanol–water partition coefficient (Wildman–Crippen LogP) is 2.75. The Morgan fingerprint density at radius 2 is 1.70 bits per heavy atom. The summed E-state index contributed by atoms with van der Waals surface area (Å²) < 4.78 is 4.65. The van der Waals surface area contributed by atoms with Gasteiger partial charge in [-0.15, -0.1) is 0 Å². The average molecular weight is 313 g/mol. The molecule has 0 fully saturated rings. The summed E-state index contributed by atoms with van der Waals surface area (Å²) in [6.45, 7) is 3.79. The SMILES string of the molecule is COC(=O)c1ccc(Nc2ccc(C(=O)NC(C)C)nc2)cc1. The molecule has 0 aliphatic rings. The number of esters is 1. The Morgan fingerprint density at radius 1 is 1.04 bits per heavy atom. The lowest BCUT2D eigenvalue weighted by molar-refractivity contribution is 0.0600. The third kappa shape index (κ3) is 4.54. The van der Waals surface area contributed by atoms with Crippen LogP contribution in [0, 0.1) is 0 Å². The van der Waals surface area contributed by atoms with Crippen LogP contribution >= 0.6 is 0 Å². The number of aromatic nitrogens is 1. The number of ether oxygens (including phenoxy) is 1. The molecule has 120 valence electrons. The second-order valence-corrected chi connectivity index (χ2v) is 5.25. The lowest BCUT2D eigenvalue weighted by Gasteiger charge is -2.09.